The van der Waals surface area contributed by atoms with Crippen LogP contribution < -0.4 is 0 Å². The topological polar surface area (TPSA) is 46.6 Å². The summed E-state index contributed by atoms with van der Waals surface area (Å²) in [5.41, 5.74) is 0.584. The standard InChI is InChI=1S/C19H16F3NO3/c20-19(21,22)15-8-6-14(7-9-15)11-17(24)23-16(12-26-18(23)25)10-13-4-2-1-3-5-13/h1-9,16H,10-12H2. The molecule has 0 aromatic heterocycles. The zero-order valence-corrected chi connectivity index (χ0v) is 13.7. The number of carbonyl (C=O) groups excluding carboxylic acids is 2. The Balaban J connectivity index is 1.70. The Morgan fingerprint density at radius 1 is 1.04 bits per heavy atom. The van der Waals surface area contributed by atoms with Gasteiger partial charge in [0, 0.05) is 0 Å². The van der Waals surface area contributed by atoms with E-state index in [-0.39, 0.29) is 13.0 Å². The molecule has 4 nitrogen and oxygen atoms in total. The molecule has 0 aliphatic carbocycles. The van der Waals surface area contributed by atoms with Crippen LogP contribution in [-0.2, 0) is 28.5 Å². The van der Waals surface area contributed by atoms with Gasteiger partial charge in [-0.05, 0) is 29.7 Å². The van der Waals surface area contributed by atoms with E-state index >= 15 is 0 Å². The quantitative estimate of drug-likeness (QED) is 0.829. The molecule has 2 aromatic rings. The van der Waals surface area contributed by atoms with E-state index in [1.165, 1.54) is 12.1 Å². The number of nitrogens with zero attached hydrogens (tertiary/aromatic N) is 1. The van der Waals surface area contributed by atoms with Crippen molar-refractivity contribution >= 4 is 12.0 Å². The first-order valence-electron chi connectivity index (χ1n) is 8.03. The summed E-state index contributed by atoms with van der Waals surface area (Å²) in [5, 5.41) is 0. The minimum Gasteiger partial charge on any atom is -0.447 e. The Labute approximate surface area is 148 Å². The summed E-state index contributed by atoms with van der Waals surface area (Å²) in [6.45, 7) is 0.104. The summed E-state index contributed by atoms with van der Waals surface area (Å²) < 4.78 is 42.8. The minimum absolute atomic E-state index is 0.104. The van der Waals surface area contributed by atoms with Crippen molar-refractivity contribution in [3.8, 4) is 0 Å². The van der Waals surface area contributed by atoms with Gasteiger partial charge in [-0.2, -0.15) is 13.2 Å². The molecule has 1 atom stereocenters. The zero-order chi connectivity index (χ0) is 18.7. The molecule has 0 N–H and O–H groups in total. The van der Waals surface area contributed by atoms with Crippen molar-refractivity contribution in [2.45, 2.75) is 25.1 Å². The van der Waals surface area contributed by atoms with Gasteiger partial charge in [-0.3, -0.25) is 4.79 Å². The van der Waals surface area contributed by atoms with E-state index in [0.29, 0.717) is 12.0 Å². The molecule has 1 saturated heterocycles. The maximum absolute atomic E-state index is 12.6. The molecule has 0 radical (unpaired) electrons. The third-order valence-corrected chi connectivity index (χ3v) is 4.18. The Morgan fingerprint density at radius 2 is 1.69 bits per heavy atom. The number of carbonyl (C=O) groups is 2. The van der Waals surface area contributed by atoms with Crippen LogP contribution in [0.15, 0.2) is 54.6 Å². The van der Waals surface area contributed by atoms with E-state index in [1.54, 1.807) is 0 Å². The van der Waals surface area contributed by atoms with Crippen LogP contribution in [0, 0.1) is 0 Å². The van der Waals surface area contributed by atoms with Crippen molar-refractivity contribution in [3.63, 3.8) is 0 Å². The van der Waals surface area contributed by atoms with Gasteiger partial charge in [-0.15, -0.1) is 0 Å². The van der Waals surface area contributed by atoms with E-state index in [2.05, 4.69) is 0 Å². The lowest BCUT2D eigenvalue weighted by Gasteiger charge is -2.20. The number of imide groups is 1. The molecule has 0 saturated carbocycles. The second kappa shape index (κ2) is 7.19. The van der Waals surface area contributed by atoms with Gasteiger partial charge in [0.05, 0.1) is 18.0 Å². The van der Waals surface area contributed by atoms with Crippen LogP contribution >= 0.6 is 0 Å². The van der Waals surface area contributed by atoms with Gasteiger partial charge in [-0.25, -0.2) is 9.69 Å². The van der Waals surface area contributed by atoms with E-state index < -0.39 is 29.8 Å². The van der Waals surface area contributed by atoms with Gasteiger partial charge in [-0.1, -0.05) is 42.5 Å². The monoisotopic (exact) mass is 363 g/mol. The fraction of sp³-hybridized carbons (Fsp3) is 0.263. The summed E-state index contributed by atoms with van der Waals surface area (Å²) in [7, 11) is 0. The van der Waals surface area contributed by atoms with Crippen molar-refractivity contribution in [2.24, 2.45) is 0 Å². The molecule has 1 aliphatic rings. The zero-order valence-electron chi connectivity index (χ0n) is 13.7. The Kier molecular flexibility index (Phi) is 4.97. The van der Waals surface area contributed by atoms with Crippen LogP contribution in [0.25, 0.3) is 0 Å². The maximum Gasteiger partial charge on any atom is 0.416 e. The lowest BCUT2D eigenvalue weighted by Crippen LogP contribution is -2.41. The number of hydrogen-bond donors (Lipinski definition) is 0. The van der Waals surface area contributed by atoms with Crippen LogP contribution in [0.3, 0.4) is 0 Å². The normalized spacial score (nSPS) is 17.3. The lowest BCUT2D eigenvalue weighted by molar-refractivity contribution is -0.137. The number of cyclic esters (lactones) is 1. The van der Waals surface area contributed by atoms with Crippen LogP contribution in [-0.4, -0.2) is 29.5 Å². The average Bonchev–Trinajstić information content (AvgIpc) is 2.96. The number of benzene rings is 2. The van der Waals surface area contributed by atoms with E-state index in [0.717, 1.165) is 22.6 Å². The summed E-state index contributed by atoms with van der Waals surface area (Å²) in [4.78, 5) is 25.5. The van der Waals surface area contributed by atoms with Crippen molar-refractivity contribution in [1.82, 2.24) is 4.90 Å². The van der Waals surface area contributed by atoms with Gasteiger partial charge in [0.1, 0.15) is 6.61 Å². The molecule has 1 heterocycles. The summed E-state index contributed by atoms with van der Waals surface area (Å²) >= 11 is 0. The number of rotatable bonds is 4. The third kappa shape index (κ3) is 4.04. The van der Waals surface area contributed by atoms with E-state index in [1.807, 2.05) is 30.3 Å². The average molecular weight is 363 g/mol. The highest BCUT2D eigenvalue weighted by Crippen LogP contribution is 2.29. The van der Waals surface area contributed by atoms with Crippen molar-refractivity contribution in [1.29, 1.82) is 0 Å². The molecular formula is C19H16F3NO3. The van der Waals surface area contributed by atoms with E-state index in [4.69, 9.17) is 4.74 Å². The molecule has 1 aliphatic heterocycles. The van der Waals surface area contributed by atoms with Gasteiger partial charge < -0.3 is 4.74 Å². The van der Waals surface area contributed by atoms with Crippen molar-refractivity contribution in [3.05, 3.63) is 71.3 Å². The molecule has 2 aromatic carbocycles. The Bertz CT molecular complexity index is 788. The molecule has 1 fully saturated rings. The van der Waals surface area contributed by atoms with Gasteiger partial charge in [0.2, 0.25) is 5.91 Å². The lowest BCUT2D eigenvalue weighted by atomic mass is 10.0. The number of ether oxygens (including phenoxy) is 1. The number of halogens is 3. The van der Waals surface area contributed by atoms with Crippen LogP contribution in [0.4, 0.5) is 18.0 Å². The predicted molar refractivity (Wildman–Crippen MR) is 87.3 cm³/mol. The highest BCUT2D eigenvalue weighted by Gasteiger charge is 2.37. The largest absolute Gasteiger partial charge is 0.447 e. The van der Waals surface area contributed by atoms with Crippen LogP contribution in [0.1, 0.15) is 16.7 Å². The smallest absolute Gasteiger partial charge is 0.416 e. The number of alkyl halides is 3. The van der Waals surface area contributed by atoms with Crippen LogP contribution in [0.5, 0.6) is 0 Å². The highest BCUT2D eigenvalue weighted by atomic mass is 19.4. The van der Waals surface area contributed by atoms with Crippen molar-refractivity contribution < 1.29 is 27.5 Å². The van der Waals surface area contributed by atoms with Crippen LogP contribution in [0.2, 0.25) is 0 Å². The third-order valence-electron chi connectivity index (χ3n) is 4.18. The molecule has 7 heteroatoms. The Morgan fingerprint density at radius 3 is 2.31 bits per heavy atom. The predicted octanol–water partition coefficient (Wildman–Crippen LogP) is 3.84. The molecule has 136 valence electrons. The molecule has 0 bridgehead atoms. The minimum atomic E-state index is -4.43. The van der Waals surface area contributed by atoms with Crippen molar-refractivity contribution in [2.75, 3.05) is 6.61 Å². The Hall–Kier alpha value is -2.83. The number of amides is 2. The summed E-state index contributed by atoms with van der Waals surface area (Å²) in [6, 6.07) is 13.3. The molecule has 26 heavy (non-hydrogen) atoms. The second-order valence-corrected chi connectivity index (χ2v) is 6.06. The molecule has 1 unspecified atom stereocenters. The van der Waals surface area contributed by atoms with Gasteiger partial charge in [0.25, 0.3) is 0 Å². The molecule has 3 rings (SSSR count). The first-order valence-corrected chi connectivity index (χ1v) is 8.03. The van der Waals surface area contributed by atoms with Gasteiger partial charge in [0.15, 0.2) is 0 Å². The van der Waals surface area contributed by atoms with Gasteiger partial charge >= 0.3 is 12.3 Å². The molecule has 0 spiro atoms. The first kappa shape index (κ1) is 18.0. The highest BCUT2D eigenvalue weighted by molar-refractivity contribution is 5.94. The van der Waals surface area contributed by atoms with E-state index in [9.17, 15) is 22.8 Å². The molecular weight excluding hydrogens is 347 g/mol. The summed E-state index contributed by atoms with van der Waals surface area (Å²) in [5.74, 6) is -0.492. The SMILES string of the molecule is O=C(Cc1ccc(C(F)(F)F)cc1)N1C(=O)OCC1Cc1ccccc1. The summed E-state index contributed by atoms with van der Waals surface area (Å²) in [6.07, 6.45) is -4.85. The maximum atomic E-state index is 12.6. The number of hydrogen-bond acceptors (Lipinski definition) is 3. The molecule has 2 amide bonds. The fourth-order valence-electron chi connectivity index (χ4n) is 2.87. The first-order chi connectivity index (χ1) is 12.3. The fourth-order valence-corrected chi connectivity index (χ4v) is 2.87. The second-order valence-electron chi connectivity index (χ2n) is 6.06.